The molecule has 2 N–H and O–H groups in total. The van der Waals surface area contributed by atoms with Gasteiger partial charge in [-0.25, -0.2) is 9.67 Å². The van der Waals surface area contributed by atoms with Crippen LogP contribution in [0.3, 0.4) is 0 Å². The Morgan fingerprint density at radius 1 is 1.40 bits per heavy atom. The number of amides is 1. The molecule has 2 aromatic rings. The minimum atomic E-state index is 0.00519. The van der Waals surface area contributed by atoms with Gasteiger partial charge in [-0.1, -0.05) is 6.07 Å². The van der Waals surface area contributed by atoms with E-state index in [2.05, 4.69) is 10.1 Å². The van der Waals surface area contributed by atoms with E-state index in [0.717, 1.165) is 11.4 Å². The predicted octanol–water partition coefficient (Wildman–Crippen LogP) is 1.60. The van der Waals surface area contributed by atoms with Gasteiger partial charge in [0, 0.05) is 23.8 Å². The molecule has 1 aromatic heterocycles. The Morgan fingerprint density at radius 2 is 2.20 bits per heavy atom. The van der Waals surface area contributed by atoms with Crippen LogP contribution in [-0.4, -0.2) is 25.6 Å². The molecule has 1 aromatic carbocycles. The SMILES string of the molecule is CC(C)n1ncnc1CN1Cc2ccc(N)cc2C1=O. The normalized spacial score (nSPS) is 14.2. The third-order valence-electron chi connectivity index (χ3n) is 3.48. The Bertz CT molecular complexity index is 661. The van der Waals surface area contributed by atoms with Crippen molar-refractivity contribution in [2.24, 2.45) is 0 Å². The van der Waals surface area contributed by atoms with Gasteiger partial charge in [0.1, 0.15) is 12.2 Å². The fraction of sp³-hybridized carbons (Fsp3) is 0.357. The van der Waals surface area contributed by atoms with Crippen molar-refractivity contribution in [1.29, 1.82) is 0 Å². The zero-order valence-electron chi connectivity index (χ0n) is 11.6. The largest absolute Gasteiger partial charge is 0.399 e. The summed E-state index contributed by atoms with van der Waals surface area (Å²) in [5, 5.41) is 4.19. The van der Waals surface area contributed by atoms with E-state index in [1.807, 2.05) is 30.7 Å². The average Bonchev–Trinajstić information content (AvgIpc) is 2.97. The lowest BCUT2D eigenvalue weighted by atomic mass is 10.1. The lowest BCUT2D eigenvalue weighted by Crippen LogP contribution is -2.25. The molecule has 1 aliphatic heterocycles. The van der Waals surface area contributed by atoms with Gasteiger partial charge in [-0.2, -0.15) is 5.10 Å². The summed E-state index contributed by atoms with van der Waals surface area (Å²) in [7, 11) is 0. The van der Waals surface area contributed by atoms with Crippen molar-refractivity contribution in [3.63, 3.8) is 0 Å². The van der Waals surface area contributed by atoms with Crippen molar-refractivity contribution in [3.05, 3.63) is 41.5 Å². The van der Waals surface area contributed by atoms with E-state index in [9.17, 15) is 4.79 Å². The summed E-state index contributed by atoms with van der Waals surface area (Å²) in [4.78, 5) is 18.4. The molecule has 0 spiro atoms. The van der Waals surface area contributed by atoms with Crippen LogP contribution in [0.2, 0.25) is 0 Å². The molecule has 0 atom stereocenters. The Balaban J connectivity index is 1.84. The van der Waals surface area contributed by atoms with Gasteiger partial charge in [0.25, 0.3) is 5.91 Å². The van der Waals surface area contributed by atoms with Crippen molar-refractivity contribution in [3.8, 4) is 0 Å². The van der Waals surface area contributed by atoms with Crippen molar-refractivity contribution >= 4 is 11.6 Å². The summed E-state index contributed by atoms with van der Waals surface area (Å²) in [5.41, 5.74) is 8.07. The van der Waals surface area contributed by atoms with Crippen LogP contribution >= 0.6 is 0 Å². The molecule has 104 valence electrons. The molecule has 0 bridgehead atoms. The van der Waals surface area contributed by atoms with Crippen molar-refractivity contribution in [2.45, 2.75) is 33.0 Å². The van der Waals surface area contributed by atoms with E-state index in [-0.39, 0.29) is 11.9 Å². The standard InChI is InChI=1S/C14H17N5O/c1-9(2)19-13(16-8-17-19)7-18-6-10-3-4-11(15)5-12(10)14(18)20/h3-5,8-9H,6-7,15H2,1-2H3. The molecule has 0 saturated carbocycles. The van der Waals surface area contributed by atoms with Gasteiger partial charge in [-0.3, -0.25) is 4.79 Å². The minimum absolute atomic E-state index is 0.00519. The number of rotatable bonds is 3. The molecule has 1 aliphatic rings. The van der Waals surface area contributed by atoms with E-state index >= 15 is 0 Å². The highest BCUT2D eigenvalue weighted by Crippen LogP contribution is 2.26. The first-order chi connectivity index (χ1) is 9.56. The summed E-state index contributed by atoms with van der Waals surface area (Å²) in [6, 6.07) is 5.70. The van der Waals surface area contributed by atoms with Gasteiger partial charge in [0.2, 0.25) is 0 Å². The van der Waals surface area contributed by atoms with Crippen LogP contribution in [-0.2, 0) is 13.1 Å². The molecule has 1 amide bonds. The second-order valence-electron chi connectivity index (χ2n) is 5.29. The van der Waals surface area contributed by atoms with E-state index in [4.69, 9.17) is 5.73 Å². The third kappa shape index (κ3) is 2.03. The maximum absolute atomic E-state index is 12.4. The van der Waals surface area contributed by atoms with Gasteiger partial charge in [0.15, 0.2) is 0 Å². The predicted molar refractivity (Wildman–Crippen MR) is 74.8 cm³/mol. The van der Waals surface area contributed by atoms with Crippen molar-refractivity contribution in [2.75, 3.05) is 5.73 Å². The first-order valence-electron chi connectivity index (χ1n) is 6.62. The van der Waals surface area contributed by atoms with E-state index in [1.165, 1.54) is 6.33 Å². The molecule has 6 heteroatoms. The van der Waals surface area contributed by atoms with Gasteiger partial charge in [-0.15, -0.1) is 0 Å². The Labute approximate surface area is 117 Å². The van der Waals surface area contributed by atoms with Crippen molar-refractivity contribution < 1.29 is 4.79 Å². The van der Waals surface area contributed by atoms with Crippen LogP contribution in [0.25, 0.3) is 0 Å². The van der Waals surface area contributed by atoms with Crippen LogP contribution in [0.15, 0.2) is 24.5 Å². The van der Waals surface area contributed by atoms with E-state index in [1.54, 1.807) is 11.0 Å². The van der Waals surface area contributed by atoms with Gasteiger partial charge in [0.05, 0.1) is 6.54 Å². The Morgan fingerprint density at radius 3 is 2.95 bits per heavy atom. The highest BCUT2D eigenvalue weighted by atomic mass is 16.2. The van der Waals surface area contributed by atoms with Gasteiger partial charge < -0.3 is 10.6 Å². The molecule has 2 heterocycles. The topological polar surface area (TPSA) is 77.0 Å². The molecule has 0 fully saturated rings. The fourth-order valence-electron chi connectivity index (χ4n) is 2.50. The average molecular weight is 271 g/mol. The summed E-state index contributed by atoms with van der Waals surface area (Å²) in [6.07, 6.45) is 1.53. The molecule has 0 unspecified atom stereocenters. The number of nitrogen functional groups attached to an aromatic ring is 1. The van der Waals surface area contributed by atoms with E-state index < -0.39 is 0 Å². The van der Waals surface area contributed by atoms with Crippen LogP contribution in [0.5, 0.6) is 0 Å². The molecule has 3 rings (SSSR count). The second kappa shape index (κ2) is 4.63. The highest BCUT2D eigenvalue weighted by molar-refractivity contribution is 5.99. The molecule has 20 heavy (non-hydrogen) atoms. The van der Waals surface area contributed by atoms with Gasteiger partial charge >= 0.3 is 0 Å². The van der Waals surface area contributed by atoms with Crippen LogP contribution in [0, 0.1) is 0 Å². The number of hydrogen-bond acceptors (Lipinski definition) is 4. The number of anilines is 1. The number of nitrogens with zero attached hydrogens (tertiary/aromatic N) is 4. The lowest BCUT2D eigenvalue weighted by molar-refractivity contribution is 0.0759. The summed E-state index contributed by atoms with van der Waals surface area (Å²) in [6.45, 7) is 5.14. The Kier molecular flexibility index (Phi) is 2.93. The number of aromatic nitrogens is 3. The smallest absolute Gasteiger partial charge is 0.254 e. The number of carbonyl (C=O) groups excluding carboxylic acids is 1. The molecule has 6 nitrogen and oxygen atoms in total. The minimum Gasteiger partial charge on any atom is -0.399 e. The monoisotopic (exact) mass is 271 g/mol. The number of fused-ring (bicyclic) bond motifs is 1. The summed E-state index contributed by atoms with van der Waals surface area (Å²) >= 11 is 0. The zero-order valence-corrected chi connectivity index (χ0v) is 11.6. The number of benzene rings is 1. The summed E-state index contributed by atoms with van der Waals surface area (Å²) in [5.74, 6) is 0.805. The maximum Gasteiger partial charge on any atom is 0.254 e. The fourth-order valence-corrected chi connectivity index (χ4v) is 2.50. The summed E-state index contributed by atoms with van der Waals surface area (Å²) < 4.78 is 1.84. The van der Waals surface area contributed by atoms with Crippen molar-refractivity contribution in [1.82, 2.24) is 19.7 Å². The number of hydrogen-bond donors (Lipinski definition) is 1. The number of carbonyl (C=O) groups is 1. The second-order valence-corrected chi connectivity index (χ2v) is 5.29. The molecular weight excluding hydrogens is 254 g/mol. The first kappa shape index (κ1) is 12.7. The first-order valence-corrected chi connectivity index (χ1v) is 6.62. The highest BCUT2D eigenvalue weighted by Gasteiger charge is 2.28. The number of nitrogens with two attached hydrogens (primary N) is 1. The molecule has 0 radical (unpaired) electrons. The van der Waals surface area contributed by atoms with Crippen LogP contribution in [0.4, 0.5) is 5.69 Å². The third-order valence-corrected chi connectivity index (χ3v) is 3.48. The van der Waals surface area contributed by atoms with E-state index in [0.29, 0.717) is 24.3 Å². The van der Waals surface area contributed by atoms with Gasteiger partial charge in [-0.05, 0) is 31.5 Å². The molecule has 0 saturated heterocycles. The quantitative estimate of drug-likeness (QED) is 0.860. The zero-order chi connectivity index (χ0) is 14.3. The van der Waals surface area contributed by atoms with Crippen LogP contribution in [0.1, 0.15) is 41.6 Å². The molecule has 0 aliphatic carbocycles. The maximum atomic E-state index is 12.4. The van der Waals surface area contributed by atoms with Crippen LogP contribution < -0.4 is 5.73 Å². The Hall–Kier alpha value is -2.37. The lowest BCUT2D eigenvalue weighted by Gasteiger charge is -2.16. The molecular formula is C14H17N5O.